The van der Waals surface area contributed by atoms with Crippen LogP contribution in [0.5, 0.6) is 5.75 Å². The van der Waals surface area contributed by atoms with Crippen LogP contribution in [0.15, 0.2) is 41.3 Å². The smallest absolute Gasteiger partial charge is 0.228 e. The molecule has 1 aliphatic heterocycles. The van der Waals surface area contributed by atoms with Gasteiger partial charge in [0.2, 0.25) is 6.29 Å². The SMILES string of the molecule is O[C@@H]1[C@@H](O)[C@H](Oc2ccc3cc(S)ccc3c2)OC[C@H]1O. The summed E-state index contributed by atoms with van der Waals surface area (Å²) in [5.41, 5.74) is 0. The lowest BCUT2D eigenvalue weighted by Crippen LogP contribution is -2.54. The molecule has 1 saturated heterocycles. The standard InChI is InChI=1S/C15H16O5S/c16-12-7-19-15(14(18)13(12)17)20-10-3-1-9-6-11(21)4-2-8(9)5-10/h1-6,12-18,21H,7H2/t12-,13+,14-,15+/m1/s1. The van der Waals surface area contributed by atoms with Gasteiger partial charge >= 0.3 is 0 Å². The van der Waals surface area contributed by atoms with E-state index in [0.29, 0.717) is 5.75 Å². The van der Waals surface area contributed by atoms with Crippen LogP contribution >= 0.6 is 12.6 Å². The Morgan fingerprint density at radius 1 is 1.00 bits per heavy atom. The molecule has 0 spiro atoms. The Morgan fingerprint density at radius 2 is 1.71 bits per heavy atom. The number of ether oxygens (including phenoxy) is 2. The summed E-state index contributed by atoms with van der Waals surface area (Å²) in [6.07, 6.45) is -4.70. The van der Waals surface area contributed by atoms with Crippen LogP contribution in [0, 0.1) is 0 Å². The number of rotatable bonds is 2. The third-order valence-corrected chi connectivity index (χ3v) is 3.78. The van der Waals surface area contributed by atoms with Gasteiger partial charge in [0.15, 0.2) is 0 Å². The first-order valence-corrected chi connectivity index (χ1v) is 7.04. The molecule has 4 atom stereocenters. The van der Waals surface area contributed by atoms with Crippen molar-refractivity contribution < 1.29 is 24.8 Å². The van der Waals surface area contributed by atoms with Gasteiger partial charge in [-0.1, -0.05) is 12.1 Å². The van der Waals surface area contributed by atoms with Crippen LogP contribution in [0.1, 0.15) is 0 Å². The van der Waals surface area contributed by atoms with E-state index in [2.05, 4.69) is 12.6 Å². The Labute approximate surface area is 127 Å². The molecule has 0 aromatic heterocycles. The van der Waals surface area contributed by atoms with Gasteiger partial charge in [-0.05, 0) is 35.0 Å². The van der Waals surface area contributed by atoms with Gasteiger partial charge in [-0.2, -0.15) is 0 Å². The van der Waals surface area contributed by atoms with Crippen molar-refractivity contribution in [3.8, 4) is 5.75 Å². The predicted molar refractivity (Wildman–Crippen MR) is 79.6 cm³/mol. The van der Waals surface area contributed by atoms with Crippen molar-refractivity contribution in [3.05, 3.63) is 36.4 Å². The van der Waals surface area contributed by atoms with Crippen LogP contribution in [-0.2, 0) is 4.74 Å². The highest BCUT2D eigenvalue weighted by Crippen LogP contribution is 2.26. The molecule has 2 aromatic rings. The van der Waals surface area contributed by atoms with Crippen molar-refractivity contribution in [1.29, 1.82) is 0 Å². The fraction of sp³-hybridized carbons (Fsp3) is 0.333. The third-order valence-electron chi connectivity index (χ3n) is 3.50. The van der Waals surface area contributed by atoms with Gasteiger partial charge < -0.3 is 24.8 Å². The largest absolute Gasteiger partial charge is 0.462 e. The van der Waals surface area contributed by atoms with E-state index in [-0.39, 0.29) is 6.61 Å². The first-order valence-electron chi connectivity index (χ1n) is 6.60. The number of fused-ring (bicyclic) bond motifs is 1. The zero-order valence-corrected chi connectivity index (χ0v) is 12.0. The highest BCUT2D eigenvalue weighted by Gasteiger charge is 2.38. The summed E-state index contributed by atoms with van der Waals surface area (Å²) < 4.78 is 10.8. The van der Waals surface area contributed by atoms with Gasteiger partial charge in [0, 0.05) is 4.90 Å². The minimum Gasteiger partial charge on any atom is -0.462 e. The summed E-state index contributed by atoms with van der Waals surface area (Å²) in [7, 11) is 0. The molecule has 0 radical (unpaired) electrons. The second kappa shape index (κ2) is 5.82. The van der Waals surface area contributed by atoms with Gasteiger partial charge in [-0.25, -0.2) is 0 Å². The quantitative estimate of drug-likeness (QED) is 0.621. The topological polar surface area (TPSA) is 79.2 Å². The predicted octanol–water partition coefficient (Wildman–Crippen LogP) is 0.946. The van der Waals surface area contributed by atoms with Gasteiger partial charge in [0.1, 0.15) is 24.1 Å². The molecule has 1 fully saturated rings. The highest BCUT2D eigenvalue weighted by atomic mass is 32.1. The molecule has 21 heavy (non-hydrogen) atoms. The van der Waals surface area contributed by atoms with Crippen molar-refractivity contribution in [2.45, 2.75) is 29.5 Å². The minimum atomic E-state index is -1.30. The van der Waals surface area contributed by atoms with Gasteiger partial charge in [0.05, 0.1) is 6.61 Å². The molecule has 1 aliphatic rings. The normalized spacial score (nSPS) is 29.5. The molecule has 112 valence electrons. The highest BCUT2D eigenvalue weighted by molar-refractivity contribution is 7.80. The summed E-state index contributed by atoms with van der Waals surface area (Å²) in [6, 6.07) is 11.2. The van der Waals surface area contributed by atoms with Crippen LogP contribution in [0.25, 0.3) is 10.8 Å². The maximum Gasteiger partial charge on any atom is 0.228 e. The van der Waals surface area contributed by atoms with Crippen LogP contribution < -0.4 is 4.74 Å². The van der Waals surface area contributed by atoms with E-state index >= 15 is 0 Å². The summed E-state index contributed by atoms with van der Waals surface area (Å²) >= 11 is 4.29. The van der Waals surface area contributed by atoms with Gasteiger partial charge in [-0.3, -0.25) is 0 Å². The zero-order chi connectivity index (χ0) is 15.0. The first-order chi connectivity index (χ1) is 10.0. The molecule has 0 saturated carbocycles. The fourth-order valence-corrected chi connectivity index (χ4v) is 2.52. The number of hydrogen-bond acceptors (Lipinski definition) is 6. The Bertz CT molecular complexity index is 647. The van der Waals surface area contributed by atoms with E-state index < -0.39 is 24.6 Å². The van der Waals surface area contributed by atoms with Crippen molar-refractivity contribution >= 4 is 23.4 Å². The lowest BCUT2D eigenvalue weighted by atomic mass is 10.1. The van der Waals surface area contributed by atoms with E-state index in [1.165, 1.54) is 0 Å². The van der Waals surface area contributed by atoms with Crippen LogP contribution in [0.2, 0.25) is 0 Å². The molecular weight excluding hydrogens is 292 g/mol. The van der Waals surface area contributed by atoms with Crippen molar-refractivity contribution in [1.82, 2.24) is 0 Å². The van der Waals surface area contributed by atoms with E-state index in [4.69, 9.17) is 9.47 Å². The number of hydrogen-bond donors (Lipinski definition) is 4. The van der Waals surface area contributed by atoms with E-state index in [1.54, 1.807) is 6.07 Å². The molecule has 2 aromatic carbocycles. The average molecular weight is 308 g/mol. The summed E-state index contributed by atoms with van der Waals surface area (Å²) in [5.74, 6) is 0.516. The molecule has 0 aliphatic carbocycles. The molecule has 3 N–H and O–H groups in total. The number of aliphatic hydroxyl groups excluding tert-OH is 3. The fourth-order valence-electron chi connectivity index (χ4n) is 2.30. The molecule has 1 heterocycles. The maximum atomic E-state index is 9.85. The average Bonchev–Trinajstić information content (AvgIpc) is 2.48. The van der Waals surface area contributed by atoms with Crippen molar-refractivity contribution in [3.63, 3.8) is 0 Å². The Balaban J connectivity index is 1.80. The zero-order valence-electron chi connectivity index (χ0n) is 11.1. The Kier molecular flexibility index (Phi) is 4.05. The molecule has 5 nitrogen and oxygen atoms in total. The summed E-state index contributed by atoms with van der Waals surface area (Å²) in [4.78, 5) is 0.874. The lowest BCUT2D eigenvalue weighted by Gasteiger charge is -2.34. The van der Waals surface area contributed by atoms with E-state index in [0.717, 1.165) is 15.7 Å². The van der Waals surface area contributed by atoms with Gasteiger partial charge in [0.25, 0.3) is 0 Å². The van der Waals surface area contributed by atoms with Crippen LogP contribution in [0.4, 0.5) is 0 Å². The van der Waals surface area contributed by atoms with E-state index in [1.807, 2.05) is 30.3 Å². The monoisotopic (exact) mass is 308 g/mol. The van der Waals surface area contributed by atoms with Crippen molar-refractivity contribution in [2.75, 3.05) is 6.61 Å². The first kappa shape index (κ1) is 14.6. The number of aliphatic hydroxyl groups is 3. The molecule has 0 amide bonds. The Hall–Kier alpha value is -1.31. The number of benzene rings is 2. The lowest BCUT2D eigenvalue weighted by molar-refractivity contribution is -0.242. The Morgan fingerprint density at radius 3 is 2.52 bits per heavy atom. The van der Waals surface area contributed by atoms with Crippen molar-refractivity contribution in [2.24, 2.45) is 0 Å². The second-order valence-electron chi connectivity index (χ2n) is 5.06. The van der Waals surface area contributed by atoms with Crippen LogP contribution in [-0.4, -0.2) is 46.5 Å². The summed E-state index contributed by atoms with van der Waals surface area (Å²) in [5, 5.41) is 30.9. The second-order valence-corrected chi connectivity index (χ2v) is 5.58. The minimum absolute atomic E-state index is 0.0838. The van der Waals surface area contributed by atoms with Crippen LogP contribution in [0.3, 0.4) is 0 Å². The number of thiol groups is 1. The third kappa shape index (κ3) is 3.00. The molecular formula is C15H16O5S. The maximum absolute atomic E-state index is 9.85. The van der Waals surface area contributed by atoms with E-state index in [9.17, 15) is 15.3 Å². The summed E-state index contributed by atoms with van der Waals surface area (Å²) in [6.45, 7) is -0.0838. The molecule has 0 unspecified atom stereocenters. The molecule has 0 bridgehead atoms. The molecule has 3 rings (SSSR count). The molecule has 6 heteroatoms. The van der Waals surface area contributed by atoms with Gasteiger partial charge in [-0.15, -0.1) is 12.6 Å².